The number of ether oxygens (including phenoxy) is 1. The number of halogens is 2. The van der Waals surface area contributed by atoms with Gasteiger partial charge in [0.1, 0.15) is 24.2 Å². The summed E-state index contributed by atoms with van der Waals surface area (Å²) in [6.45, 7) is 2.80. The molecule has 2 amide bonds. The Morgan fingerprint density at radius 3 is 2.17 bits per heavy atom. The topological polar surface area (TPSA) is 96.0 Å². The van der Waals surface area contributed by atoms with Crippen molar-refractivity contribution in [2.75, 3.05) is 18.0 Å². The molecule has 242 valence electrons. The number of carbonyl (C=O) groups excluding carboxylic acids is 2. The van der Waals surface area contributed by atoms with Crippen molar-refractivity contribution in [1.29, 1.82) is 0 Å². The fourth-order valence-electron chi connectivity index (χ4n) is 4.86. The van der Waals surface area contributed by atoms with Crippen molar-refractivity contribution < 1.29 is 27.1 Å². The maximum atomic E-state index is 15.1. The molecule has 2 atom stereocenters. The minimum Gasteiger partial charge on any atom is -0.495 e. The molecule has 0 aliphatic rings. The molecule has 0 aromatic heterocycles. The van der Waals surface area contributed by atoms with Crippen LogP contribution in [0, 0.1) is 5.82 Å². The lowest BCUT2D eigenvalue weighted by atomic mass is 10.0. The number of methoxy groups -OCH3 is 1. The molecule has 0 aliphatic heterocycles. The first kappa shape index (κ1) is 34.5. The number of carbonyl (C=O) groups is 2. The number of benzene rings is 4. The molecule has 0 radical (unpaired) electrons. The van der Waals surface area contributed by atoms with Gasteiger partial charge in [-0.15, -0.1) is 0 Å². The molecule has 8 nitrogen and oxygen atoms in total. The predicted octanol–water partition coefficient (Wildman–Crippen LogP) is 6.24. The Balaban J connectivity index is 1.83. The quantitative estimate of drug-likeness (QED) is 0.172. The highest BCUT2D eigenvalue weighted by Crippen LogP contribution is 2.32. The van der Waals surface area contributed by atoms with E-state index in [0.29, 0.717) is 12.2 Å². The second kappa shape index (κ2) is 15.7. The van der Waals surface area contributed by atoms with Crippen molar-refractivity contribution in [3.63, 3.8) is 0 Å². The first-order valence-corrected chi connectivity index (χ1v) is 16.7. The Hall–Kier alpha value is -4.41. The van der Waals surface area contributed by atoms with Gasteiger partial charge in [0, 0.05) is 24.6 Å². The predicted molar refractivity (Wildman–Crippen MR) is 178 cm³/mol. The molecule has 0 fully saturated rings. The van der Waals surface area contributed by atoms with Crippen LogP contribution < -0.4 is 14.4 Å². The summed E-state index contributed by atoms with van der Waals surface area (Å²) in [5, 5.41) is 3.09. The molecule has 0 saturated carbocycles. The number of nitrogens with one attached hydrogen (secondary N) is 1. The van der Waals surface area contributed by atoms with Gasteiger partial charge in [-0.1, -0.05) is 85.3 Å². The van der Waals surface area contributed by atoms with Crippen LogP contribution in [0.5, 0.6) is 5.75 Å². The minimum absolute atomic E-state index is 0.0502. The van der Waals surface area contributed by atoms with Gasteiger partial charge in [-0.05, 0) is 55.3 Å². The molecular weight excluding hydrogens is 629 g/mol. The van der Waals surface area contributed by atoms with Gasteiger partial charge in [0.05, 0.1) is 22.7 Å². The minimum atomic E-state index is -4.32. The van der Waals surface area contributed by atoms with Crippen LogP contribution in [0.25, 0.3) is 0 Å². The van der Waals surface area contributed by atoms with Gasteiger partial charge in [0.25, 0.3) is 10.0 Å². The number of sulfonamides is 1. The van der Waals surface area contributed by atoms with E-state index in [-0.39, 0.29) is 40.2 Å². The molecule has 11 heteroatoms. The first-order chi connectivity index (χ1) is 22.0. The maximum Gasteiger partial charge on any atom is 0.264 e. The summed E-state index contributed by atoms with van der Waals surface area (Å²) in [7, 11) is -2.88. The van der Waals surface area contributed by atoms with Crippen LogP contribution in [0.1, 0.15) is 31.4 Å². The summed E-state index contributed by atoms with van der Waals surface area (Å²) in [5.41, 5.74) is 1.06. The van der Waals surface area contributed by atoms with E-state index in [1.807, 2.05) is 44.2 Å². The van der Waals surface area contributed by atoms with Crippen molar-refractivity contribution in [2.45, 2.75) is 50.2 Å². The van der Waals surface area contributed by atoms with Crippen LogP contribution in [0.2, 0.25) is 5.02 Å². The molecule has 4 aromatic carbocycles. The van der Waals surface area contributed by atoms with Crippen molar-refractivity contribution in [3.05, 3.63) is 125 Å². The molecule has 4 rings (SSSR count). The van der Waals surface area contributed by atoms with E-state index in [0.717, 1.165) is 9.87 Å². The van der Waals surface area contributed by atoms with Crippen LogP contribution >= 0.6 is 11.6 Å². The smallest absolute Gasteiger partial charge is 0.264 e. The van der Waals surface area contributed by atoms with Crippen LogP contribution in [0.15, 0.2) is 108 Å². The van der Waals surface area contributed by atoms with E-state index >= 15 is 4.39 Å². The van der Waals surface area contributed by atoms with E-state index in [4.69, 9.17) is 16.3 Å². The third-order valence-corrected chi connectivity index (χ3v) is 9.69. The van der Waals surface area contributed by atoms with Gasteiger partial charge in [-0.3, -0.25) is 13.9 Å². The van der Waals surface area contributed by atoms with Gasteiger partial charge in [0.15, 0.2) is 0 Å². The van der Waals surface area contributed by atoms with Crippen LogP contribution in [-0.4, -0.2) is 50.9 Å². The summed E-state index contributed by atoms with van der Waals surface area (Å²) in [6.07, 6.45) is 0.759. The Labute approximate surface area is 274 Å². The zero-order chi connectivity index (χ0) is 33.3. The molecule has 0 unspecified atom stereocenters. The van der Waals surface area contributed by atoms with E-state index in [2.05, 4.69) is 5.32 Å². The van der Waals surface area contributed by atoms with E-state index in [1.54, 1.807) is 24.3 Å². The number of anilines is 1. The normalized spacial score (nSPS) is 12.5. The van der Waals surface area contributed by atoms with Gasteiger partial charge < -0.3 is 15.0 Å². The van der Waals surface area contributed by atoms with E-state index in [9.17, 15) is 18.0 Å². The molecule has 46 heavy (non-hydrogen) atoms. The average molecular weight is 666 g/mol. The fraction of sp³-hybridized carbons (Fsp3) is 0.257. The number of amides is 2. The molecule has 1 N–H and O–H groups in total. The standard InChI is InChI=1S/C35H37ClFN3O5S/c1-4-25(2)38-35(42)32(21-26-13-7-5-8-14-26)39(23-27-15-11-12-18-31(27)37)34(41)24-40(28-19-20-33(45-3)30(36)22-28)46(43,44)29-16-9-6-10-17-29/h5-20,22,25,32H,4,21,23-24H2,1-3H3,(H,38,42)/t25-,32+/m0/s1. The van der Waals surface area contributed by atoms with Gasteiger partial charge >= 0.3 is 0 Å². The lowest BCUT2D eigenvalue weighted by Crippen LogP contribution is -2.54. The largest absolute Gasteiger partial charge is 0.495 e. The highest BCUT2D eigenvalue weighted by atomic mass is 35.5. The van der Waals surface area contributed by atoms with Crippen molar-refractivity contribution in [3.8, 4) is 5.75 Å². The van der Waals surface area contributed by atoms with Crippen molar-refractivity contribution in [1.82, 2.24) is 10.2 Å². The number of nitrogens with zero attached hydrogens (tertiary/aromatic N) is 2. The third kappa shape index (κ3) is 8.44. The molecule has 0 bridgehead atoms. The molecule has 0 aliphatic carbocycles. The Kier molecular flexibility index (Phi) is 11.8. The Morgan fingerprint density at radius 1 is 0.935 bits per heavy atom. The molecule has 4 aromatic rings. The van der Waals surface area contributed by atoms with Gasteiger partial charge in [-0.2, -0.15) is 0 Å². The lowest BCUT2D eigenvalue weighted by Gasteiger charge is -2.34. The van der Waals surface area contributed by atoms with Crippen molar-refractivity contribution >= 4 is 39.1 Å². The summed E-state index contributed by atoms with van der Waals surface area (Å²) in [6, 6.07) is 25.9. The number of hydrogen-bond donors (Lipinski definition) is 1. The van der Waals surface area contributed by atoms with E-state index < -0.39 is 40.2 Å². The first-order valence-electron chi connectivity index (χ1n) is 14.8. The Morgan fingerprint density at radius 2 is 1.57 bits per heavy atom. The third-order valence-electron chi connectivity index (χ3n) is 7.60. The van der Waals surface area contributed by atoms with E-state index in [1.165, 1.54) is 60.5 Å². The maximum absolute atomic E-state index is 15.1. The summed E-state index contributed by atoms with van der Waals surface area (Å²) < 4.78 is 49.4. The van der Waals surface area contributed by atoms with Crippen molar-refractivity contribution in [2.24, 2.45) is 0 Å². The molecule has 0 saturated heterocycles. The second-order valence-electron chi connectivity index (χ2n) is 10.8. The zero-order valence-corrected chi connectivity index (χ0v) is 27.5. The monoisotopic (exact) mass is 665 g/mol. The molecule has 0 spiro atoms. The molecular formula is C35H37ClFN3O5S. The van der Waals surface area contributed by atoms with Crippen LogP contribution in [-0.2, 0) is 32.6 Å². The van der Waals surface area contributed by atoms with Crippen LogP contribution in [0.4, 0.5) is 10.1 Å². The Bertz CT molecular complexity index is 1740. The highest BCUT2D eigenvalue weighted by molar-refractivity contribution is 7.92. The summed E-state index contributed by atoms with van der Waals surface area (Å²) in [4.78, 5) is 29.5. The van der Waals surface area contributed by atoms with Gasteiger partial charge in [-0.25, -0.2) is 12.8 Å². The number of hydrogen-bond acceptors (Lipinski definition) is 5. The lowest BCUT2D eigenvalue weighted by molar-refractivity contribution is -0.140. The summed E-state index contributed by atoms with van der Waals surface area (Å²) in [5.74, 6) is -1.39. The summed E-state index contributed by atoms with van der Waals surface area (Å²) >= 11 is 6.40. The average Bonchev–Trinajstić information content (AvgIpc) is 3.06. The van der Waals surface area contributed by atoms with Gasteiger partial charge in [0.2, 0.25) is 11.8 Å². The fourth-order valence-corrected chi connectivity index (χ4v) is 6.54. The zero-order valence-electron chi connectivity index (χ0n) is 25.9. The molecule has 0 heterocycles. The second-order valence-corrected chi connectivity index (χ2v) is 13.0. The van der Waals surface area contributed by atoms with Crippen LogP contribution in [0.3, 0.4) is 0 Å². The number of rotatable bonds is 14. The highest BCUT2D eigenvalue weighted by Gasteiger charge is 2.35. The SMILES string of the molecule is CC[C@H](C)NC(=O)[C@@H](Cc1ccccc1)N(Cc1ccccc1F)C(=O)CN(c1ccc(OC)c(Cl)c1)S(=O)(=O)c1ccccc1.